The number of rotatable bonds is 2. The number of halogens is 1. The molecule has 4 atom stereocenters. The van der Waals surface area contributed by atoms with Gasteiger partial charge in [-0.05, 0) is 91.9 Å². The minimum Gasteiger partial charge on any atom is -0.491 e. The number of ether oxygens (including phenoxy) is 1. The Kier molecular flexibility index (Phi) is 3.55. The molecule has 1 nitrogen and oxygen atoms in total. The summed E-state index contributed by atoms with van der Waals surface area (Å²) in [7, 11) is 0. The number of benzene rings is 1. The standard InChI is InChI=1S/C21H27FO/c1-4-23-20-12-17-14(11-19(20)22)6-7-16-15(17)9-10-21(3)13(2)5-8-18(16)21/h11-12,15-16,18H,2,4-10H2,1,3H3. The van der Waals surface area contributed by atoms with Crippen molar-refractivity contribution in [2.24, 2.45) is 17.3 Å². The van der Waals surface area contributed by atoms with Gasteiger partial charge in [0.2, 0.25) is 0 Å². The van der Waals surface area contributed by atoms with Crippen molar-refractivity contribution in [3.05, 3.63) is 41.2 Å². The molecule has 0 saturated heterocycles. The Morgan fingerprint density at radius 2 is 2.09 bits per heavy atom. The van der Waals surface area contributed by atoms with Crippen molar-refractivity contribution in [1.82, 2.24) is 0 Å². The molecule has 0 aliphatic heterocycles. The van der Waals surface area contributed by atoms with Gasteiger partial charge < -0.3 is 4.74 Å². The summed E-state index contributed by atoms with van der Waals surface area (Å²) in [6.07, 6.45) is 7.16. The van der Waals surface area contributed by atoms with E-state index in [-0.39, 0.29) is 5.82 Å². The Balaban J connectivity index is 1.71. The van der Waals surface area contributed by atoms with Gasteiger partial charge in [0.05, 0.1) is 6.61 Å². The molecule has 124 valence electrons. The molecule has 0 bridgehead atoms. The van der Waals surface area contributed by atoms with Crippen LogP contribution in [0.3, 0.4) is 0 Å². The average molecular weight is 314 g/mol. The minimum atomic E-state index is -0.195. The molecule has 3 aliphatic rings. The molecular formula is C21H27FO. The molecule has 3 aliphatic carbocycles. The second-order valence-corrected chi connectivity index (χ2v) is 7.93. The van der Waals surface area contributed by atoms with Crippen LogP contribution in [0.4, 0.5) is 4.39 Å². The van der Waals surface area contributed by atoms with Gasteiger partial charge >= 0.3 is 0 Å². The van der Waals surface area contributed by atoms with Crippen LogP contribution in [0.2, 0.25) is 0 Å². The maximum Gasteiger partial charge on any atom is 0.165 e. The molecule has 0 amide bonds. The van der Waals surface area contributed by atoms with Crippen molar-refractivity contribution in [3.8, 4) is 5.75 Å². The maximum absolute atomic E-state index is 14.2. The van der Waals surface area contributed by atoms with Gasteiger partial charge in [-0.3, -0.25) is 0 Å². The molecule has 1 aromatic rings. The third kappa shape index (κ3) is 2.17. The van der Waals surface area contributed by atoms with Crippen molar-refractivity contribution in [2.45, 2.75) is 58.3 Å². The molecule has 23 heavy (non-hydrogen) atoms. The summed E-state index contributed by atoms with van der Waals surface area (Å²) in [5.74, 6) is 2.33. The molecule has 2 saturated carbocycles. The fourth-order valence-electron chi connectivity index (χ4n) is 5.74. The van der Waals surface area contributed by atoms with E-state index < -0.39 is 0 Å². The summed E-state index contributed by atoms with van der Waals surface area (Å²) >= 11 is 0. The molecule has 0 radical (unpaired) electrons. The van der Waals surface area contributed by atoms with E-state index in [0.29, 0.717) is 23.7 Å². The van der Waals surface area contributed by atoms with Gasteiger partial charge in [0.25, 0.3) is 0 Å². The Morgan fingerprint density at radius 3 is 2.87 bits per heavy atom. The van der Waals surface area contributed by atoms with E-state index in [0.717, 1.165) is 18.3 Å². The highest BCUT2D eigenvalue weighted by Gasteiger charge is 2.51. The summed E-state index contributed by atoms with van der Waals surface area (Å²) in [5.41, 5.74) is 4.40. The third-order valence-corrected chi connectivity index (χ3v) is 7.03. The zero-order valence-corrected chi connectivity index (χ0v) is 14.3. The smallest absolute Gasteiger partial charge is 0.165 e. The number of hydrogen-bond donors (Lipinski definition) is 0. The van der Waals surface area contributed by atoms with Crippen LogP contribution in [0.15, 0.2) is 24.3 Å². The van der Waals surface area contributed by atoms with Gasteiger partial charge in [0.1, 0.15) is 0 Å². The van der Waals surface area contributed by atoms with Crippen molar-refractivity contribution in [1.29, 1.82) is 0 Å². The van der Waals surface area contributed by atoms with Crippen LogP contribution < -0.4 is 4.74 Å². The largest absolute Gasteiger partial charge is 0.491 e. The highest BCUT2D eigenvalue weighted by atomic mass is 19.1. The predicted molar refractivity (Wildman–Crippen MR) is 91.3 cm³/mol. The summed E-state index contributed by atoms with van der Waals surface area (Å²) in [4.78, 5) is 0. The van der Waals surface area contributed by atoms with Gasteiger partial charge in [-0.2, -0.15) is 0 Å². The van der Waals surface area contributed by atoms with E-state index in [4.69, 9.17) is 4.74 Å². The number of aryl methyl sites for hydroxylation is 1. The van der Waals surface area contributed by atoms with Crippen LogP contribution in [0, 0.1) is 23.1 Å². The van der Waals surface area contributed by atoms with Crippen LogP contribution in [-0.4, -0.2) is 6.61 Å². The van der Waals surface area contributed by atoms with Crippen LogP contribution in [0.1, 0.15) is 63.0 Å². The summed E-state index contributed by atoms with van der Waals surface area (Å²) in [5, 5.41) is 0. The zero-order valence-electron chi connectivity index (χ0n) is 14.3. The second-order valence-electron chi connectivity index (χ2n) is 7.93. The van der Waals surface area contributed by atoms with Gasteiger partial charge in [0, 0.05) is 0 Å². The van der Waals surface area contributed by atoms with Gasteiger partial charge in [-0.25, -0.2) is 4.39 Å². The monoisotopic (exact) mass is 314 g/mol. The topological polar surface area (TPSA) is 9.23 Å². The van der Waals surface area contributed by atoms with Crippen LogP contribution in [0.25, 0.3) is 0 Å². The van der Waals surface area contributed by atoms with E-state index in [1.807, 2.05) is 13.0 Å². The van der Waals surface area contributed by atoms with Crippen LogP contribution in [0.5, 0.6) is 5.75 Å². The molecular weight excluding hydrogens is 287 g/mol. The summed E-state index contributed by atoms with van der Waals surface area (Å²) < 4.78 is 19.7. The zero-order chi connectivity index (χ0) is 16.2. The van der Waals surface area contributed by atoms with Gasteiger partial charge in [-0.1, -0.05) is 19.1 Å². The molecule has 1 aromatic carbocycles. The van der Waals surface area contributed by atoms with Crippen molar-refractivity contribution in [3.63, 3.8) is 0 Å². The normalized spacial score (nSPS) is 35.4. The lowest BCUT2D eigenvalue weighted by Gasteiger charge is -2.49. The maximum atomic E-state index is 14.2. The fraction of sp³-hybridized carbons (Fsp3) is 0.619. The van der Waals surface area contributed by atoms with Crippen LogP contribution >= 0.6 is 0 Å². The van der Waals surface area contributed by atoms with Gasteiger partial charge in [-0.15, -0.1) is 0 Å². The molecule has 2 heteroatoms. The van der Waals surface area contributed by atoms with E-state index in [9.17, 15) is 4.39 Å². The third-order valence-electron chi connectivity index (χ3n) is 7.03. The lowest BCUT2D eigenvalue weighted by Crippen LogP contribution is -2.40. The predicted octanol–water partition coefficient (Wildman–Crippen LogP) is 5.64. The molecule has 0 heterocycles. The summed E-state index contributed by atoms with van der Waals surface area (Å²) in [6, 6.07) is 3.75. The van der Waals surface area contributed by atoms with Crippen molar-refractivity contribution >= 4 is 0 Å². The number of allylic oxidation sites excluding steroid dienone is 1. The molecule has 2 fully saturated rings. The Hall–Kier alpha value is -1.31. The van der Waals surface area contributed by atoms with Crippen LogP contribution in [-0.2, 0) is 6.42 Å². The molecule has 4 rings (SSSR count). The number of fused-ring (bicyclic) bond motifs is 5. The minimum absolute atomic E-state index is 0.195. The Labute approximate surface area is 138 Å². The highest BCUT2D eigenvalue weighted by Crippen LogP contribution is 2.62. The Morgan fingerprint density at radius 1 is 1.26 bits per heavy atom. The van der Waals surface area contributed by atoms with E-state index in [1.165, 1.54) is 48.8 Å². The van der Waals surface area contributed by atoms with Gasteiger partial charge in [0.15, 0.2) is 11.6 Å². The van der Waals surface area contributed by atoms with E-state index >= 15 is 0 Å². The molecule has 0 N–H and O–H groups in total. The first-order valence-corrected chi connectivity index (χ1v) is 9.18. The molecule has 4 unspecified atom stereocenters. The van der Waals surface area contributed by atoms with E-state index in [1.54, 1.807) is 6.07 Å². The number of hydrogen-bond acceptors (Lipinski definition) is 1. The molecule has 0 spiro atoms. The average Bonchev–Trinajstić information content (AvgIpc) is 2.84. The first-order valence-electron chi connectivity index (χ1n) is 9.18. The quantitative estimate of drug-likeness (QED) is 0.642. The van der Waals surface area contributed by atoms with Crippen molar-refractivity contribution in [2.75, 3.05) is 6.61 Å². The Bertz CT molecular complexity index is 649. The molecule has 0 aromatic heterocycles. The first kappa shape index (κ1) is 15.2. The fourth-order valence-corrected chi connectivity index (χ4v) is 5.74. The van der Waals surface area contributed by atoms with Crippen molar-refractivity contribution < 1.29 is 9.13 Å². The van der Waals surface area contributed by atoms with E-state index in [2.05, 4.69) is 13.5 Å². The summed E-state index contributed by atoms with van der Waals surface area (Å²) in [6.45, 7) is 9.24. The first-order chi connectivity index (χ1) is 11.0. The SMILES string of the molecule is C=C1CCC2C3CCc4cc(F)c(OCC)cc4C3CCC12C. The highest BCUT2D eigenvalue weighted by molar-refractivity contribution is 5.42. The lowest BCUT2D eigenvalue weighted by atomic mass is 9.55. The lowest BCUT2D eigenvalue weighted by molar-refractivity contribution is 0.0814. The second kappa shape index (κ2) is 5.36.